The lowest BCUT2D eigenvalue weighted by atomic mass is 10.1. The highest BCUT2D eigenvalue weighted by Gasteiger charge is 2.02. The molecule has 0 aliphatic carbocycles. The van der Waals surface area contributed by atoms with Crippen LogP contribution < -0.4 is 4.90 Å². The molecule has 0 saturated heterocycles. The highest BCUT2D eigenvalue weighted by molar-refractivity contribution is 9.10. The van der Waals surface area contributed by atoms with Gasteiger partial charge in [-0.3, -0.25) is 0 Å². The summed E-state index contributed by atoms with van der Waals surface area (Å²) in [5.74, 6) is 0.308. The Balaban J connectivity index is 1.80. The van der Waals surface area contributed by atoms with Gasteiger partial charge in [0, 0.05) is 24.3 Å². The predicted molar refractivity (Wildman–Crippen MR) is 108 cm³/mol. The SMILES string of the molecule is CN(C)c1cc(Br)ccc1/C=C/CCC/C=C/c1ccc(O)cc1. The van der Waals surface area contributed by atoms with E-state index >= 15 is 0 Å². The van der Waals surface area contributed by atoms with E-state index in [2.05, 4.69) is 77.4 Å². The zero-order valence-electron chi connectivity index (χ0n) is 14.2. The molecular formula is C21H24BrNO. The summed E-state index contributed by atoms with van der Waals surface area (Å²) in [4.78, 5) is 2.13. The maximum atomic E-state index is 9.25. The zero-order chi connectivity index (χ0) is 17.4. The molecule has 24 heavy (non-hydrogen) atoms. The van der Waals surface area contributed by atoms with Gasteiger partial charge in [0.2, 0.25) is 0 Å². The highest BCUT2D eigenvalue weighted by Crippen LogP contribution is 2.25. The largest absolute Gasteiger partial charge is 0.508 e. The second-order valence-electron chi connectivity index (χ2n) is 5.92. The molecule has 2 aromatic carbocycles. The zero-order valence-corrected chi connectivity index (χ0v) is 15.8. The van der Waals surface area contributed by atoms with Gasteiger partial charge in [0.25, 0.3) is 0 Å². The first-order valence-corrected chi connectivity index (χ1v) is 8.94. The third kappa shape index (κ3) is 5.89. The van der Waals surface area contributed by atoms with Gasteiger partial charge in [-0.25, -0.2) is 0 Å². The quantitative estimate of drug-likeness (QED) is 0.580. The average molecular weight is 386 g/mol. The molecule has 0 heterocycles. The molecule has 0 aliphatic rings. The van der Waals surface area contributed by atoms with Crippen molar-refractivity contribution in [1.29, 1.82) is 0 Å². The number of phenolic OH excluding ortho intramolecular Hbond substituents is 1. The Morgan fingerprint density at radius 2 is 1.62 bits per heavy atom. The van der Waals surface area contributed by atoms with Crippen molar-refractivity contribution < 1.29 is 5.11 Å². The topological polar surface area (TPSA) is 23.5 Å². The van der Waals surface area contributed by atoms with Crippen molar-refractivity contribution in [2.75, 3.05) is 19.0 Å². The van der Waals surface area contributed by atoms with E-state index in [9.17, 15) is 5.11 Å². The molecule has 0 spiro atoms. The van der Waals surface area contributed by atoms with Gasteiger partial charge in [-0.05, 0) is 54.7 Å². The number of nitrogens with zero attached hydrogens (tertiary/aromatic N) is 1. The summed E-state index contributed by atoms with van der Waals surface area (Å²) in [5.41, 5.74) is 3.57. The molecule has 2 nitrogen and oxygen atoms in total. The molecule has 0 aromatic heterocycles. The van der Waals surface area contributed by atoms with Gasteiger partial charge in [0.05, 0.1) is 0 Å². The third-order valence-electron chi connectivity index (χ3n) is 3.72. The minimum atomic E-state index is 0.308. The van der Waals surface area contributed by atoms with Crippen molar-refractivity contribution in [3.05, 3.63) is 70.2 Å². The maximum Gasteiger partial charge on any atom is 0.115 e. The van der Waals surface area contributed by atoms with E-state index in [-0.39, 0.29) is 0 Å². The average Bonchev–Trinajstić information content (AvgIpc) is 2.56. The molecule has 0 saturated carbocycles. The number of aromatic hydroxyl groups is 1. The summed E-state index contributed by atoms with van der Waals surface area (Å²) in [6.07, 6.45) is 12.0. The first-order valence-electron chi connectivity index (χ1n) is 8.15. The number of phenols is 1. The Bertz CT molecular complexity index is 702. The van der Waals surface area contributed by atoms with Crippen LogP contribution in [0.4, 0.5) is 5.69 Å². The normalized spacial score (nSPS) is 11.5. The first-order chi connectivity index (χ1) is 11.6. The number of unbranched alkanes of at least 4 members (excludes halogenated alkanes) is 2. The lowest BCUT2D eigenvalue weighted by Crippen LogP contribution is -2.10. The molecule has 3 heteroatoms. The van der Waals surface area contributed by atoms with Gasteiger partial charge in [-0.1, -0.05) is 58.4 Å². The van der Waals surface area contributed by atoms with Crippen molar-refractivity contribution in [2.24, 2.45) is 0 Å². The molecule has 2 rings (SSSR count). The van der Waals surface area contributed by atoms with Crippen LogP contribution in [-0.2, 0) is 0 Å². The monoisotopic (exact) mass is 385 g/mol. The van der Waals surface area contributed by atoms with Gasteiger partial charge in [-0.2, -0.15) is 0 Å². The molecule has 0 amide bonds. The van der Waals surface area contributed by atoms with Crippen molar-refractivity contribution >= 4 is 33.8 Å². The van der Waals surface area contributed by atoms with Crippen LogP contribution in [-0.4, -0.2) is 19.2 Å². The molecule has 126 valence electrons. The summed E-state index contributed by atoms with van der Waals surface area (Å²) in [5, 5.41) is 9.25. The number of hydrogen-bond donors (Lipinski definition) is 1. The first kappa shape index (κ1) is 18.3. The van der Waals surface area contributed by atoms with E-state index in [1.54, 1.807) is 12.1 Å². The van der Waals surface area contributed by atoms with Gasteiger partial charge in [-0.15, -0.1) is 0 Å². The third-order valence-corrected chi connectivity index (χ3v) is 4.21. The molecule has 0 fully saturated rings. The Labute approximate surface area is 153 Å². The van der Waals surface area contributed by atoms with Crippen molar-refractivity contribution in [2.45, 2.75) is 19.3 Å². The summed E-state index contributed by atoms with van der Waals surface area (Å²) < 4.78 is 1.10. The number of rotatable bonds is 7. The summed E-state index contributed by atoms with van der Waals surface area (Å²) in [6, 6.07) is 13.6. The number of allylic oxidation sites excluding steroid dienone is 2. The molecule has 0 unspecified atom stereocenters. The van der Waals surface area contributed by atoms with Crippen LogP contribution in [0.2, 0.25) is 0 Å². The van der Waals surface area contributed by atoms with E-state index in [1.807, 2.05) is 12.1 Å². The second kappa shape index (κ2) is 9.33. The predicted octanol–water partition coefficient (Wildman–Crippen LogP) is 6.12. The van der Waals surface area contributed by atoms with Crippen LogP contribution in [0.1, 0.15) is 30.4 Å². The van der Waals surface area contributed by atoms with E-state index in [1.165, 1.54) is 11.3 Å². The fourth-order valence-electron chi connectivity index (χ4n) is 2.41. The summed E-state index contributed by atoms with van der Waals surface area (Å²) in [7, 11) is 4.13. The van der Waals surface area contributed by atoms with Gasteiger partial charge >= 0.3 is 0 Å². The van der Waals surface area contributed by atoms with Gasteiger partial charge in [0.15, 0.2) is 0 Å². The summed E-state index contributed by atoms with van der Waals surface area (Å²) in [6.45, 7) is 0. The van der Waals surface area contributed by atoms with Crippen molar-refractivity contribution in [3.63, 3.8) is 0 Å². The molecule has 0 aliphatic heterocycles. The van der Waals surface area contributed by atoms with Gasteiger partial charge < -0.3 is 10.0 Å². The van der Waals surface area contributed by atoms with Crippen LogP contribution in [0.15, 0.2) is 59.1 Å². The minimum absolute atomic E-state index is 0.308. The molecular weight excluding hydrogens is 362 g/mol. The fourth-order valence-corrected chi connectivity index (χ4v) is 2.76. The molecule has 0 bridgehead atoms. The lowest BCUT2D eigenvalue weighted by Gasteiger charge is -2.16. The number of halogens is 1. The van der Waals surface area contributed by atoms with Crippen LogP contribution in [0, 0.1) is 0 Å². The standard InChI is InChI=1S/C21H24BrNO/c1-23(2)21-16-19(22)13-12-18(21)9-7-5-3-4-6-8-17-10-14-20(24)15-11-17/h6-16,24H,3-5H2,1-2H3/b8-6+,9-7+. The fraction of sp³-hybridized carbons (Fsp3) is 0.238. The minimum Gasteiger partial charge on any atom is -0.508 e. The van der Waals surface area contributed by atoms with Crippen molar-refractivity contribution in [3.8, 4) is 5.75 Å². The highest BCUT2D eigenvalue weighted by atomic mass is 79.9. The molecule has 2 aromatic rings. The van der Waals surface area contributed by atoms with Crippen LogP contribution in [0.25, 0.3) is 12.2 Å². The van der Waals surface area contributed by atoms with E-state index in [0.29, 0.717) is 5.75 Å². The van der Waals surface area contributed by atoms with Crippen LogP contribution >= 0.6 is 15.9 Å². The van der Waals surface area contributed by atoms with E-state index in [4.69, 9.17) is 0 Å². The Kier molecular flexibility index (Phi) is 7.13. The smallest absolute Gasteiger partial charge is 0.115 e. The van der Waals surface area contributed by atoms with Gasteiger partial charge in [0.1, 0.15) is 5.75 Å². The summed E-state index contributed by atoms with van der Waals surface area (Å²) >= 11 is 3.53. The number of benzene rings is 2. The van der Waals surface area contributed by atoms with Crippen LogP contribution in [0.5, 0.6) is 5.75 Å². The van der Waals surface area contributed by atoms with E-state index < -0.39 is 0 Å². The Hall–Kier alpha value is -2.00. The maximum absolute atomic E-state index is 9.25. The van der Waals surface area contributed by atoms with E-state index in [0.717, 1.165) is 29.3 Å². The number of hydrogen-bond acceptors (Lipinski definition) is 2. The Morgan fingerprint density at radius 3 is 2.29 bits per heavy atom. The van der Waals surface area contributed by atoms with Crippen LogP contribution in [0.3, 0.4) is 0 Å². The Morgan fingerprint density at radius 1 is 0.958 bits per heavy atom. The number of anilines is 1. The molecule has 0 atom stereocenters. The second-order valence-corrected chi connectivity index (χ2v) is 6.84. The molecule has 1 N–H and O–H groups in total. The molecule has 0 radical (unpaired) electrons. The lowest BCUT2D eigenvalue weighted by molar-refractivity contribution is 0.475. The van der Waals surface area contributed by atoms with Crippen molar-refractivity contribution in [1.82, 2.24) is 0 Å².